The highest BCUT2D eigenvalue weighted by Crippen LogP contribution is 2.49. The number of furan rings is 2. The van der Waals surface area contributed by atoms with Crippen molar-refractivity contribution < 1.29 is 8.83 Å². The molecule has 10 aromatic rings. The van der Waals surface area contributed by atoms with Crippen LogP contribution in [0.3, 0.4) is 0 Å². The Morgan fingerprint density at radius 2 is 1.11 bits per heavy atom. The maximum absolute atomic E-state index is 6.91. The average molecular weight is 678 g/mol. The van der Waals surface area contributed by atoms with Crippen LogP contribution in [0.15, 0.2) is 178 Å². The largest absolute Gasteiger partial charge is 0.455 e. The van der Waals surface area contributed by atoms with Crippen molar-refractivity contribution in [2.75, 3.05) is 4.90 Å². The third-order valence-electron chi connectivity index (χ3n) is 10.7. The maximum Gasteiger partial charge on any atom is 0.159 e. The molecule has 0 unspecified atom stereocenters. The van der Waals surface area contributed by atoms with E-state index in [4.69, 9.17) is 8.83 Å². The molecular formula is C50H31NO2. The van der Waals surface area contributed by atoms with E-state index in [0.29, 0.717) is 0 Å². The van der Waals surface area contributed by atoms with Gasteiger partial charge < -0.3 is 13.7 Å². The molecule has 2 aromatic heterocycles. The SMILES string of the molecule is C1#CC(c2ccccc2)=C(N(c2cccc3c2oc2ccccc23)c2cccc3oc4c5ccccc5c(-c5cccc6ccccc56)cc4c23)CC1. The predicted octanol–water partition coefficient (Wildman–Crippen LogP) is 13.8. The Balaban J connectivity index is 1.27. The van der Waals surface area contributed by atoms with Crippen LogP contribution in [-0.2, 0) is 0 Å². The molecule has 1 aliphatic rings. The molecule has 248 valence electrons. The van der Waals surface area contributed by atoms with Crippen LogP contribution in [0.1, 0.15) is 18.4 Å². The Morgan fingerprint density at radius 1 is 0.472 bits per heavy atom. The Labute approximate surface area is 306 Å². The van der Waals surface area contributed by atoms with Gasteiger partial charge in [0.05, 0.1) is 22.3 Å². The lowest BCUT2D eigenvalue weighted by molar-refractivity contribution is 0.668. The molecule has 3 heteroatoms. The zero-order chi connectivity index (χ0) is 34.9. The van der Waals surface area contributed by atoms with Crippen LogP contribution in [0.5, 0.6) is 0 Å². The first-order valence-electron chi connectivity index (χ1n) is 18.1. The summed E-state index contributed by atoms with van der Waals surface area (Å²) in [5.41, 5.74) is 11.1. The van der Waals surface area contributed by atoms with Gasteiger partial charge in [0.15, 0.2) is 5.58 Å². The standard InChI is InChI=1S/C50H31NO2/c1-2-15-33(16-3-1)35-20-8-10-26-43(35)51(45-28-13-25-40-38-22-9-11-29-46(38)52-50(40)45)44-27-14-30-47-48(44)42-31-41(37-21-6-7-23-39(37)49(42)53-47)36-24-12-18-32-17-4-5-19-34(32)36/h1-7,9,11-19,21-25,27-31H,10,26H2. The predicted molar refractivity (Wildman–Crippen MR) is 220 cm³/mol. The molecule has 3 nitrogen and oxygen atoms in total. The summed E-state index contributed by atoms with van der Waals surface area (Å²) in [6.07, 6.45) is 1.54. The highest BCUT2D eigenvalue weighted by atomic mass is 16.3. The van der Waals surface area contributed by atoms with Crippen molar-refractivity contribution >= 4 is 82.4 Å². The fourth-order valence-corrected chi connectivity index (χ4v) is 8.42. The highest BCUT2D eigenvalue weighted by molar-refractivity contribution is 6.24. The molecule has 0 aliphatic heterocycles. The lowest BCUT2D eigenvalue weighted by Gasteiger charge is -2.31. The zero-order valence-corrected chi connectivity index (χ0v) is 28.8. The van der Waals surface area contributed by atoms with Crippen molar-refractivity contribution in [2.45, 2.75) is 12.8 Å². The van der Waals surface area contributed by atoms with Crippen LogP contribution in [0.4, 0.5) is 11.4 Å². The van der Waals surface area contributed by atoms with Crippen molar-refractivity contribution in [3.8, 4) is 23.0 Å². The van der Waals surface area contributed by atoms with E-state index >= 15 is 0 Å². The fourth-order valence-electron chi connectivity index (χ4n) is 8.42. The summed E-state index contributed by atoms with van der Waals surface area (Å²) in [6.45, 7) is 0. The van der Waals surface area contributed by atoms with Gasteiger partial charge in [-0.2, -0.15) is 0 Å². The minimum Gasteiger partial charge on any atom is -0.455 e. The number of fused-ring (bicyclic) bond motifs is 9. The van der Waals surface area contributed by atoms with Gasteiger partial charge in [0, 0.05) is 40.1 Å². The molecule has 0 saturated carbocycles. The van der Waals surface area contributed by atoms with Gasteiger partial charge in [-0.15, -0.1) is 0 Å². The first kappa shape index (κ1) is 29.7. The smallest absolute Gasteiger partial charge is 0.159 e. The van der Waals surface area contributed by atoms with Gasteiger partial charge in [-0.3, -0.25) is 0 Å². The number of allylic oxidation sites excluding steroid dienone is 2. The molecule has 8 aromatic carbocycles. The van der Waals surface area contributed by atoms with Crippen LogP contribution >= 0.6 is 0 Å². The Morgan fingerprint density at radius 3 is 2.02 bits per heavy atom. The van der Waals surface area contributed by atoms with Crippen molar-refractivity contribution in [1.29, 1.82) is 0 Å². The van der Waals surface area contributed by atoms with Crippen LogP contribution in [0.2, 0.25) is 0 Å². The van der Waals surface area contributed by atoms with Gasteiger partial charge in [0.1, 0.15) is 16.7 Å². The number of nitrogens with zero attached hydrogens (tertiary/aromatic N) is 1. The molecule has 0 atom stereocenters. The third kappa shape index (κ3) is 4.56. The van der Waals surface area contributed by atoms with E-state index in [0.717, 1.165) is 95.7 Å². The van der Waals surface area contributed by atoms with E-state index in [2.05, 4.69) is 174 Å². The highest BCUT2D eigenvalue weighted by Gasteiger charge is 2.28. The minimum absolute atomic E-state index is 0.760. The fraction of sp³-hybridized carbons (Fsp3) is 0.0400. The molecule has 0 N–H and O–H groups in total. The van der Waals surface area contributed by atoms with Crippen molar-refractivity contribution in [2.24, 2.45) is 0 Å². The summed E-state index contributed by atoms with van der Waals surface area (Å²) in [5, 5.41) is 9.01. The molecule has 0 saturated heterocycles. The molecule has 0 amide bonds. The summed E-state index contributed by atoms with van der Waals surface area (Å²) < 4.78 is 13.7. The molecule has 1 aliphatic carbocycles. The lowest BCUT2D eigenvalue weighted by Crippen LogP contribution is -2.19. The summed E-state index contributed by atoms with van der Waals surface area (Å²) in [6, 6.07) is 58.0. The Bertz CT molecular complexity index is 3180. The quantitative estimate of drug-likeness (QED) is 0.170. The van der Waals surface area contributed by atoms with E-state index in [1.807, 2.05) is 6.07 Å². The summed E-state index contributed by atoms with van der Waals surface area (Å²) in [7, 11) is 0. The van der Waals surface area contributed by atoms with Crippen molar-refractivity contribution in [3.63, 3.8) is 0 Å². The van der Waals surface area contributed by atoms with Gasteiger partial charge >= 0.3 is 0 Å². The van der Waals surface area contributed by atoms with Crippen molar-refractivity contribution in [1.82, 2.24) is 0 Å². The second-order valence-electron chi connectivity index (χ2n) is 13.7. The number of hydrogen-bond acceptors (Lipinski definition) is 3. The summed E-state index contributed by atoms with van der Waals surface area (Å²) >= 11 is 0. The van der Waals surface area contributed by atoms with E-state index in [1.165, 1.54) is 21.9 Å². The molecule has 0 radical (unpaired) electrons. The Hall–Kier alpha value is -7.02. The molecule has 53 heavy (non-hydrogen) atoms. The maximum atomic E-state index is 6.91. The topological polar surface area (TPSA) is 29.5 Å². The second-order valence-corrected chi connectivity index (χ2v) is 13.7. The first-order chi connectivity index (χ1) is 26.3. The molecule has 2 heterocycles. The van der Waals surface area contributed by atoms with E-state index in [1.54, 1.807) is 0 Å². The number of para-hydroxylation sites is 2. The number of hydrogen-bond donors (Lipinski definition) is 0. The molecular weight excluding hydrogens is 647 g/mol. The Kier molecular flexibility index (Phi) is 6.59. The van der Waals surface area contributed by atoms with Gasteiger partial charge in [0.2, 0.25) is 0 Å². The van der Waals surface area contributed by atoms with Gasteiger partial charge in [0.25, 0.3) is 0 Å². The number of anilines is 2. The molecule has 11 rings (SSSR count). The van der Waals surface area contributed by atoms with Crippen LogP contribution < -0.4 is 4.90 Å². The molecule has 0 fully saturated rings. The molecule has 0 bridgehead atoms. The van der Waals surface area contributed by atoms with Gasteiger partial charge in [-0.25, -0.2) is 0 Å². The normalized spacial score (nSPS) is 13.1. The monoisotopic (exact) mass is 677 g/mol. The number of rotatable bonds is 5. The van der Waals surface area contributed by atoms with Gasteiger partial charge in [-0.05, 0) is 63.2 Å². The van der Waals surface area contributed by atoms with E-state index < -0.39 is 0 Å². The zero-order valence-electron chi connectivity index (χ0n) is 28.8. The lowest BCUT2D eigenvalue weighted by atomic mass is 9.91. The van der Waals surface area contributed by atoms with Gasteiger partial charge in [-0.1, -0.05) is 145 Å². The first-order valence-corrected chi connectivity index (χ1v) is 18.1. The second kappa shape index (κ2) is 11.8. The third-order valence-corrected chi connectivity index (χ3v) is 10.7. The van der Waals surface area contributed by atoms with Crippen LogP contribution in [-0.4, -0.2) is 0 Å². The average Bonchev–Trinajstić information content (AvgIpc) is 3.81. The minimum atomic E-state index is 0.760. The summed E-state index contributed by atoms with van der Waals surface area (Å²) in [4.78, 5) is 2.41. The molecule has 0 spiro atoms. The summed E-state index contributed by atoms with van der Waals surface area (Å²) in [5.74, 6) is 6.99. The van der Waals surface area contributed by atoms with E-state index in [-0.39, 0.29) is 0 Å². The van der Waals surface area contributed by atoms with Crippen molar-refractivity contribution in [3.05, 3.63) is 175 Å². The van der Waals surface area contributed by atoms with Crippen LogP contribution in [0, 0.1) is 11.8 Å². The van der Waals surface area contributed by atoms with E-state index in [9.17, 15) is 0 Å². The number of benzene rings is 8. The van der Waals surface area contributed by atoms with Crippen LogP contribution in [0.25, 0.3) is 82.1 Å².